The number of pyridine rings is 1. The predicted octanol–water partition coefficient (Wildman–Crippen LogP) is 4.02. The lowest BCUT2D eigenvalue weighted by Crippen LogP contribution is -2.29. The molecule has 138 valence electrons. The first-order valence-electron chi connectivity index (χ1n) is 8.92. The molecular weight excluding hydrogens is 352 g/mol. The third-order valence-electron chi connectivity index (χ3n) is 4.78. The number of hydrogen-bond acceptors (Lipinski definition) is 4. The normalized spacial score (nSPS) is 18.5. The fourth-order valence-electron chi connectivity index (χ4n) is 3.39. The Morgan fingerprint density at radius 1 is 0.929 bits per heavy atom. The van der Waals surface area contributed by atoms with Gasteiger partial charge < -0.3 is 5.11 Å². The maximum Gasteiger partial charge on any atom is 0.300 e. The van der Waals surface area contributed by atoms with E-state index in [2.05, 4.69) is 4.98 Å². The zero-order valence-corrected chi connectivity index (χ0v) is 15.2. The number of ketones is 1. The molecule has 1 aliphatic heterocycles. The number of Topliss-reactive ketones (excluding diaryl/α,β-unsaturated/α-hetero) is 1. The molecular formula is C23H18N2O3. The molecule has 1 saturated heterocycles. The third kappa shape index (κ3) is 2.97. The van der Waals surface area contributed by atoms with Crippen molar-refractivity contribution in [3.05, 3.63) is 101 Å². The fourth-order valence-corrected chi connectivity index (χ4v) is 3.39. The average molecular weight is 370 g/mol. The molecule has 0 bridgehead atoms. The lowest BCUT2D eigenvalue weighted by molar-refractivity contribution is -0.132. The van der Waals surface area contributed by atoms with Crippen molar-refractivity contribution in [2.75, 3.05) is 4.90 Å². The number of amides is 1. The second-order valence-corrected chi connectivity index (χ2v) is 6.63. The van der Waals surface area contributed by atoms with E-state index < -0.39 is 17.7 Å². The zero-order valence-electron chi connectivity index (χ0n) is 15.2. The van der Waals surface area contributed by atoms with Crippen LogP contribution in [0.3, 0.4) is 0 Å². The highest BCUT2D eigenvalue weighted by atomic mass is 16.3. The standard InChI is InChI=1S/C23H18N2O3/c1-15-10-12-16(13-11-15)20-19(21(26)18-9-5-6-14-24-18)22(27)23(28)25(20)17-7-3-2-4-8-17/h2-14,20,26H,1H3/t20-/m0/s1. The number of carbonyl (C=O) groups is 2. The maximum atomic E-state index is 12.9. The molecule has 5 heteroatoms. The van der Waals surface area contributed by atoms with Crippen LogP contribution in [0.15, 0.2) is 84.6 Å². The van der Waals surface area contributed by atoms with Gasteiger partial charge in [0.2, 0.25) is 0 Å². The van der Waals surface area contributed by atoms with E-state index in [0.717, 1.165) is 11.1 Å². The number of para-hydroxylation sites is 1. The second kappa shape index (κ2) is 7.12. The first-order valence-corrected chi connectivity index (χ1v) is 8.92. The summed E-state index contributed by atoms with van der Waals surface area (Å²) in [4.78, 5) is 31.4. The van der Waals surface area contributed by atoms with Gasteiger partial charge in [0.1, 0.15) is 5.69 Å². The van der Waals surface area contributed by atoms with Gasteiger partial charge in [0.25, 0.3) is 11.7 Å². The maximum absolute atomic E-state index is 12.9. The summed E-state index contributed by atoms with van der Waals surface area (Å²) in [5, 5.41) is 10.9. The summed E-state index contributed by atoms with van der Waals surface area (Å²) in [6, 6.07) is 20.9. The van der Waals surface area contributed by atoms with Crippen LogP contribution in [0.1, 0.15) is 22.9 Å². The van der Waals surface area contributed by atoms with Gasteiger partial charge in [-0.25, -0.2) is 0 Å². The Kier molecular flexibility index (Phi) is 4.49. The van der Waals surface area contributed by atoms with Crippen LogP contribution >= 0.6 is 0 Å². The second-order valence-electron chi connectivity index (χ2n) is 6.63. The van der Waals surface area contributed by atoms with Gasteiger partial charge in [-0.2, -0.15) is 0 Å². The fraction of sp³-hybridized carbons (Fsp3) is 0.0870. The molecule has 1 fully saturated rings. The molecule has 5 nitrogen and oxygen atoms in total. The summed E-state index contributed by atoms with van der Waals surface area (Å²) in [6.07, 6.45) is 1.53. The minimum atomic E-state index is -0.731. The van der Waals surface area contributed by atoms with Crippen LogP contribution in [0.2, 0.25) is 0 Å². The van der Waals surface area contributed by atoms with Gasteiger partial charge in [-0.05, 0) is 36.8 Å². The molecule has 2 heterocycles. The molecule has 0 saturated carbocycles. The summed E-state index contributed by atoms with van der Waals surface area (Å²) in [5.41, 5.74) is 2.69. The first-order chi connectivity index (χ1) is 13.6. The van der Waals surface area contributed by atoms with Crippen LogP contribution in [-0.4, -0.2) is 21.8 Å². The molecule has 1 atom stereocenters. The first kappa shape index (κ1) is 17.7. The summed E-state index contributed by atoms with van der Waals surface area (Å²) in [7, 11) is 0. The van der Waals surface area contributed by atoms with Crippen molar-refractivity contribution >= 4 is 23.1 Å². The lowest BCUT2D eigenvalue weighted by atomic mass is 9.95. The Morgan fingerprint density at radius 3 is 2.25 bits per heavy atom. The van der Waals surface area contributed by atoms with Crippen molar-refractivity contribution < 1.29 is 14.7 Å². The number of nitrogens with zero attached hydrogens (tertiary/aromatic N) is 2. The monoisotopic (exact) mass is 370 g/mol. The van der Waals surface area contributed by atoms with Gasteiger partial charge in [0.15, 0.2) is 5.76 Å². The SMILES string of the molecule is Cc1ccc([C@H]2C(=C(O)c3ccccn3)C(=O)C(=O)N2c2ccccc2)cc1. The molecule has 3 aromatic rings. The van der Waals surface area contributed by atoms with Crippen molar-refractivity contribution in [1.82, 2.24) is 4.98 Å². The Hall–Kier alpha value is -3.73. The van der Waals surface area contributed by atoms with E-state index in [9.17, 15) is 14.7 Å². The van der Waals surface area contributed by atoms with Gasteiger partial charge in [0.05, 0.1) is 11.6 Å². The van der Waals surface area contributed by atoms with E-state index in [1.807, 2.05) is 37.3 Å². The third-order valence-corrected chi connectivity index (χ3v) is 4.78. The minimum absolute atomic E-state index is 0.0383. The predicted molar refractivity (Wildman–Crippen MR) is 107 cm³/mol. The number of benzene rings is 2. The highest BCUT2D eigenvalue weighted by Gasteiger charge is 2.47. The smallest absolute Gasteiger partial charge is 0.300 e. The molecule has 28 heavy (non-hydrogen) atoms. The molecule has 4 rings (SSSR count). The number of aliphatic hydroxyl groups is 1. The van der Waals surface area contributed by atoms with E-state index in [0.29, 0.717) is 5.69 Å². The summed E-state index contributed by atoms with van der Waals surface area (Å²) in [5.74, 6) is -1.67. The molecule has 1 aliphatic rings. The minimum Gasteiger partial charge on any atom is -0.505 e. The molecule has 1 N–H and O–H groups in total. The summed E-state index contributed by atoms with van der Waals surface area (Å²) >= 11 is 0. The Morgan fingerprint density at radius 2 is 1.61 bits per heavy atom. The summed E-state index contributed by atoms with van der Waals surface area (Å²) < 4.78 is 0. The quantitative estimate of drug-likeness (QED) is 0.429. The molecule has 2 aromatic carbocycles. The van der Waals surface area contributed by atoms with Gasteiger partial charge >= 0.3 is 0 Å². The highest BCUT2D eigenvalue weighted by molar-refractivity contribution is 6.51. The van der Waals surface area contributed by atoms with Gasteiger partial charge in [-0.15, -0.1) is 0 Å². The number of rotatable bonds is 3. The van der Waals surface area contributed by atoms with Crippen LogP contribution in [0.5, 0.6) is 0 Å². The number of aromatic nitrogens is 1. The zero-order chi connectivity index (χ0) is 19.7. The number of carbonyl (C=O) groups excluding carboxylic acids is 2. The molecule has 0 spiro atoms. The van der Waals surface area contributed by atoms with E-state index >= 15 is 0 Å². The van der Waals surface area contributed by atoms with Crippen molar-refractivity contribution in [2.45, 2.75) is 13.0 Å². The van der Waals surface area contributed by atoms with Crippen LogP contribution in [0.25, 0.3) is 5.76 Å². The largest absolute Gasteiger partial charge is 0.505 e. The van der Waals surface area contributed by atoms with Crippen LogP contribution in [0, 0.1) is 6.92 Å². The topological polar surface area (TPSA) is 70.5 Å². The van der Waals surface area contributed by atoms with Gasteiger partial charge in [-0.1, -0.05) is 54.1 Å². The van der Waals surface area contributed by atoms with Crippen LogP contribution in [-0.2, 0) is 9.59 Å². The Bertz CT molecular complexity index is 1060. The van der Waals surface area contributed by atoms with E-state index in [1.165, 1.54) is 11.1 Å². The molecule has 1 amide bonds. The number of hydrogen-bond donors (Lipinski definition) is 1. The van der Waals surface area contributed by atoms with Crippen molar-refractivity contribution in [3.8, 4) is 0 Å². The molecule has 0 unspecified atom stereocenters. The number of anilines is 1. The Balaban J connectivity index is 1.95. The van der Waals surface area contributed by atoms with E-state index in [1.54, 1.807) is 42.5 Å². The molecule has 0 aliphatic carbocycles. The van der Waals surface area contributed by atoms with Crippen molar-refractivity contribution in [1.29, 1.82) is 0 Å². The van der Waals surface area contributed by atoms with Crippen LogP contribution < -0.4 is 4.90 Å². The molecule has 1 aromatic heterocycles. The van der Waals surface area contributed by atoms with Gasteiger partial charge in [0, 0.05) is 11.9 Å². The summed E-state index contributed by atoms with van der Waals surface area (Å²) in [6.45, 7) is 1.96. The highest BCUT2D eigenvalue weighted by Crippen LogP contribution is 2.41. The number of aryl methyl sites for hydroxylation is 1. The molecule has 0 radical (unpaired) electrons. The lowest BCUT2D eigenvalue weighted by Gasteiger charge is -2.25. The van der Waals surface area contributed by atoms with Crippen molar-refractivity contribution in [2.24, 2.45) is 0 Å². The number of aliphatic hydroxyl groups excluding tert-OH is 1. The Labute approximate surface area is 162 Å². The van der Waals surface area contributed by atoms with E-state index in [4.69, 9.17) is 0 Å². The average Bonchev–Trinajstić information content (AvgIpc) is 3.00. The van der Waals surface area contributed by atoms with Crippen molar-refractivity contribution in [3.63, 3.8) is 0 Å². The van der Waals surface area contributed by atoms with Crippen LogP contribution in [0.4, 0.5) is 5.69 Å². The van der Waals surface area contributed by atoms with Gasteiger partial charge in [-0.3, -0.25) is 19.5 Å². The van der Waals surface area contributed by atoms with E-state index in [-0.39, 0.29) is 17.0 Å².